The van der Waals surface area contributed by atoms with Crippen LogP contribution in [0, 0.1) is 0 Å². The summed E-state index contributed by atoms with van der Waals surface area (Å²) < 4.78 is 12.1. The Morgan fingerprint density at radius 1 is 1.31 bits per heavy atom. The predicted molar refractivity (Wildman–Crippen MR) is 64.2 cm³/mol. The van der Waals surface area contributed by atoms with Crippen LogP contribution >= 0.6 is 0 Å². The van der Waals surface area contributed by atoms with E-state index in [-0.39, 0.29) is 6.67 Å². The molecule has 1 saturated heterocycles. The molecule has 1 N–H and O–H groups in total. The van der Waals surface area contributed by atoms with Crippen LogP contribution in [0.2, 0.25) is 0 Å². The highest BCUT2D eigenvalue weighted by Gasteiger charge is 2.19. The normalized spacial score (nSPS) is 22.2. The first-order chi connectivity index (χ1) is 7.90. The van der Waals surface area contributed by atoms with Crippen molar-refractivity contribution in [2.75, 3.05) is 32.9 Å². The van der Waals surface area contributed by atoms with Crippen molar-refractivity contribution in [1.29, 1.82) is 0 Å². The molecule has 0 aliphatic carbocycles. The lowest BCUT2D eigenvalue weighted by Crippen LogP contribution is -2.46. The van der Waals surface area contributed by atoms with Crippen LogP contribution in [0.15, 0.2) is 30.3 Å². The number of hydrogen-bond acceptors (Lipinski definition) is 2. The van der Waals surface area contributed by atoms with E-state index in [9.17, 15) is 4.39 Å². The second kappa shape index (κ2) is 5.97. The summed E-state index contributed by atoms with van der Waals surface area (Å²) in [6.45, 7) is 3.68. The number of piperazine rings is 1. The van der Waals surface area contributed by atoms with E-state index in [0.29, 0.717) is 12.5 Å². The van der Waals surface area contributed by atoms with Crippen LogP contribution in [-0.2, 0) is 0 Å². The lowest BCUT2D eigenvalue weighted by molar-refractivity contribution is 0.193. The van der Waals surface area contributed by atoms with Crippen molar-refractivity contribution in [1.82, 2.24) is 10.2 Å². The highest BCUT2D eigenvalue weighted by molar-refractivity contribution is 5.19. The van der Waals surface area contributed by atoms with Crippen LogP contribution in [-0.4, -0.2) is 37.8 Å². The van der Waals surface area contributed by atoms with Crippen LogP contribution in [0.1, 0.15) is 18.0 Å². The SMILES string of the molecule is FCCCN1CCNC(c2ccccc2)C1. The van der Waals surface area contributed by atoms with Gasteiger partial charge in [-0.15, -0.1) is 0 Å². The van der Waals surface area contributed by atoms with Crippen molar-refractivity contribution < 1.29 is 4.39 Å². The summed E-state index contributed by atoms with van der Waals surface area (Å²) in [5, 5.41) is 3.51. The Morgan fingerprint density at radius 2 is 2.12 bits per heavy atom. The zero-order valence-corrected chi connectivity index (χ0v) is 9.53. The largest absolute Gasteiger partial charge is 0.308 e. The van der Waals surface area contributed by atoms with E-state index in [1.165, 1.54) is 5.56 Å². The molecule has 1 unspecified atom stereocenters. The van der Waals surface area contributed by atoms with E-state index >= 15 is 0 Å². The zero-order chi connectivity index (χ0) is 11.2. The maximum atomic E-state index is 12.1. The summed E-state index contributed by atoms with van der Waals surface area (Å²) in [5.41, 5.74) is 1.33. The quantitative estimate of drug-likeness (QED) is 0.838. The van der Waals surface area contributed by atoms with Crippen molar-refractivity contribution in [2.24, 2.45) is 0 Å². The van der Waals surface area contributed by atoms with Crippen molar-refractivity contribution in [3.63, 3.8) is 0 Å². The summed E-state index contributed by atoms with van der Waals surface area (Å²) >= 11 is 0. The molecule has 1 fully saturated rings. The second-order valence-corrected chi connectivity index (χ2v) is 4.26. The van der Waals surface area contributed by atoms with Gasteiger partial charge < -0.3 is 10.2 Å². The fraction of sp³-hybridized carbons (Fsp3) is 0.538. The first kappa shape index (κ1) is 11.6. The molecule has 0 amide bonds. The molecule has 0 spiro atoms. The molecule has 0 aromatic heterocycles. The van der Waals surface area contributed by atoms with E-state index in [1.54, 1.807) is 0 Å². The smallest absolute Gasteiger partial charge is 0.0906 e. The first-order valence-corrected chi connectivity index (χ1v) is 5.97. The van der Waals surface area contributed by atoms with Gasteiger partial charge in [0.15, 0.2) is 0 Å². The van der Waals surface area contributed by atoms with Gasteiger partial charge in [-0.2, -0.15) is 0 Å². The highest BCUT2D eigenvalue weighted by Crippen LogP contribution is 2.16. The Balaban J connectivity index is 1.91. The number of nitrogens with zero attached hydrogens (tertiary/aromatic N) is 1. The minimum Gasteiger partial charge on any atom is -0.308 e. The Labute approximate surface area is 96.5 Å². The minimum atomic E-state index is -0.208. The van der Waals surface area contributed by atoms with Crippen LogP contribution < -0.4 is 5.32 Å². The lowest BCUT2D eigenvalue weighted by Gasteiger charge is -2.33. The van der Waals surface area contributed by atoms with Gasteiger partial charge in [-0.25, -0.2) is 0 Å². The molecule has 2 nitrogen and oxygen atoms in total. The summed E-state index contributed by atoms with van der Waals surface area (Å²) in [6, 6.07) is 10.9. The summed E-state index contributed by atoms with van der Waals surface area (Å²) in [5.74, 6) is 0. The third-order valence-corrected chi connectivity index (χ3v) is 3.07. The molecule has 88 valence electrons. The molecule has 2 rings (SSSR count). The van der Waals surface area contributed by atoms with Crippen LogP contribution in [0.25, 0.3) is 0 Å². The Bertz CT molecular complexity index is 302. The van der Waals surface area contributed by atoms with Crippen LogP contribution in [0.5, 0.6) is 0 Å². The third-order valence-electron chi connectivity index (χ3n) is 3.07. The Morgan fingerprint density at radius 3 is 2.88 bits per heavy atom. The average Bonchev–Trinajstić information content (AvgIpc) is 2.38. The molecule has 1 aliphatic heterocycles. The number of alkyl halides is 1. The number of halogens is 1. The summed E-state index contributed by atoms with van der Waals surface area (Å²) in [6.07, 6.45) is 0.654. The van der Waals surface area contributed by atoms with Crippen molar-refractivity contribution in [3.8, 4) is 0 Å². The first-order valence-electron chi connectivity index (χ1n) is 5.97. The van der Waals surface area contributed by atoms with Gasteiger partial charge in [0.1, 0.15) is 0 Å². The van der Waals surface area contributed by atoms with E-state index in [2.05, 4.69) is 34.5 Å². The monoisotopic (exact) mass is 222 g/mol. The molecule has 1 aromatic rings. The molecule has 1 aromatic carbocycles. The topological polar surface area (TPSA) is 15.3 Å². The Hall–Kier alpha value is -0.930. The van der Waals surface area contributed by atoms with E-state index in [4.69, 9.17) is 0 Å². The lowest BCUT2D eigenvalue weighted by atomic mass is 10.0. The van der Waals surface area contributed by atoms with E-state index in [1.807, 2.05) is 6.07 Å². The number of nitrogens with one attached hydrogen (secondary N) is 1. The molecule has 1 atom stereocenters. The molecule has 0 bridgehead atoms. The molecule has 3 heteroatoms. The fourth-order valence-electron chi connectivity index (χ4n) is 2.21. The van der Waals surface area contributed by atoms with Gasteiger partial charge >= 0.3 is 0 Å². The van der Waals surface area contributed by atoms with Gasteiger partial charge in [-0.3, -0.25) is 4.39 Å². The molecule has 0 saturated carbocycles. The number of hydrogen-bond donors (Lipinski definition) is 1. The predicted octanol–water partition coefficient (Wildman–Crippen LogP) is 1.99. The van der Waals surface area contributed by atoms with Gasteiger partial charge in [0.2, 0.25) is 0 Å². The van der Waals surface area contributed by atoms with Crippen molar-refractivity contribution >= 4 is 0 Å². The van der Waals surface area contributed by atoms with Gasteiger partial charge in [0.05, 0.1) is 6.67 Å². The fourth-order valence-corrected chi connectivity index (χ4v) is 2.21. The maximum Gasteiger partial charge on any atom is 0.0906 e. The number of benzene rings is 1. The second-order valence-electron chi connectivity index (χ2n) is 4.26. The zero-order valence-electron chi connectivity index (χ0n) is 9.53. The van der Waals surface area contributed by atoms with Gasteiger partial charge in [-0.05, 0) is 12.0 Å². The van der Waals surface area contributed by atoms with Crippen molar-refractivity contribution in [3.05, 3.63) is 35.9 Å². The molecule has 1 aliphatic rings. The summed E-state index contributed by atoms with van der Waals surface area (Å²) in [4.78, 5) is 2.34. The number of rotatable bonds is 4. The highest BCUT2D eigenvalue weighted by atomic mass is 19.1. The maximum absolute atomic E-state index is 12.1. The standard InChI is InChI=1S/C13H19FN2/c14-7-4-9-16-10-8-15-13(11-16)12-5-2-1-3-6-12/h1-3,5-6,13,15H,4,7-11H2. The molecule has 16 heavy (non-hydrogen) atoms. The van der Waals surface area contributed by atoms with Crippen molar-refractivity contribution in [2.45, 2.75) is 12.5 Å². The van der Waals surface area contributed by atoms with Gasteiger partial charge in [0.25, 0.3) is 0 Å². The average molecular weight is 222 g/mol. The van der Waals surface area contributed by atoms with Gasteiger partial charge in [0, 0.05) is 32.2 Å². The molecular weight excluding hydrogens is 203 g/mol. The van der Waals surface area contributed by atoms with Gasteiger partial charge in [-0.1, -0.05) is 30.3 Å². The van der Waals surface area contributed by atoms with Crippen LogP contribution in [0.3, 0.4) is 0 Å². The summed E-state index contributed by atoms with van der Waals surface area (Å²) in [7, 11) is 0. The molecular formula is C13H19FN2. The van der Waals surface area contributed by atoms with E-state index in [0.717, 1.165) is 26.2 Å². The van der Waals surface area contributed by atoms with E-state index < -0.39 is 0 Å². The van der Waals surface area contributed by atoms with Crippen LogP contribution in [0.4, 0.5) is 4.39 Å². The Kier molecular flexibility index (Phi) is 4.31. The third kappa shape index (κ3) is 3.03. The molecule has 0 radical (unpaired) electrons. The molecule has 1 heterocycles. The minimum absolute atomic E-state index is 0.208.